The number of carbonyl (C=O) groups is 1. The van der Waals surface area contributed by atoms with Crippen molar-refractivity contribution in [1.29, 1.82) is 0 Å². The molecule has 0 radical (unpaired) electrons. The quantitative estimate of drug-likeness (QED) is 0.704. The summed E-state index contributed by atoms with van der Waals surface area (Å²) in [5, 5.41) is 3.32. The first-order valence-corrected chi connectivity index (χ1v) is 6.83. The summed E-state index contributed by atoms with van der Waals surface area (Å²) in [6, 6.07) is 0. The highest BCUT2D eigenvalue weighted by Gasteiger charge is 2.14. The fourth-order valence-corrected chi connectivity index (χ4v) is 2.10. The van der Waals surface area contributed by atoms with E-state index >= 15 is 0 Å². The molecule has 1 fully saturated rings. The highest BCUT2D eigenvalue weighted by molar-refractivity contribution is 5.76. The zero-order valence-electron chi connectivity index (χ0n) is 10.6. The van der Waals surface area contributed by atoms with Crippen molar-refractivity contribution in [2.75, 3.05) is 26.2 Å². The third-order valence-electron chi connectivity index (χ3n) is 3.18. The fourth-order valence-electron chi connectivity index (χ4n) is 2.10. The number of nitrogens with one attached hydrogen (secondary N) is 1. The van der Waals surface area contributed by atoms with E-state index in [2.05, 4.69) is 17.1 Å². The van der Waals surface area contributed by atoms with Crippen LogP contribution in [0.3, 0.4) is 0 Å². The molecule has 94 valence electrons. The van der Waals surface area contributed by atoms with E-state index in [9.17, 15) is 4.79 Å². The number of nitrogens with zero attached hydrogens (tertiary/aromatic N) is 1. The van der Waals surface area contributed by atoms with Crippen LogP contribution in [0.25, 0.3) is 0 Å². The molecule has 0 saturated carbocycles. The Kier molecular flexibility index (Phi) is 7.23. The van der Waals surface area contributed by atoms with Gasteiger partial charge in [0.1, 0.15) is 0 Å². The molecule has 3 heteroatoms. The Hall–Kier alpha value is -0.570. The van der Waals surface area contributed by atoms with Gasteiger partial charge in [-0.05, 0) is 25.8 Å². The molecule has 1 rings (SSSR count). The summed E-state index contributed by atoms with van der Waals surface area (Å²) < 4.78 is 0. The largest absolute Gasteiger partial charge is 0.343 e. The van der Waals surface area contributed by atoms with Crippen molar-refractivity contribution >= 4 is 5.91 Å². The second kappa shape index (κ2) is 8.57. The molecular formula is C13H26N2O. The van der Waals surface area contributed by atoms with Gasteiger partial charge in [-0.2, -0.15) is 0 Å². The summed E-state index contributed by atoms with van der Waals surface area (Å²) in [6.07, 6.45) is 8.05. The number of hydrogen-bond acceptors (Lipinski definition) is 2. The molecule has 0 aromatic carbocycles. The minimum atomic E-state index is 0.339. The standard InChI is InChI=1S/C13H26N2O/c1-2-3-9-14-10-8-13(16)15-11-6-4-5-7-12-15/h14H,2-12H2,1H3. The first kappa shape index (κ1) is 13.5. The first-order chi connectivity index (χ1) is 7.84. The third-order valence-corrected chi connectivity index (χ3v) is 3.18. The van der Waals surface area contributed by atoms with Gasteiger partial charge in [0, 0.05) is 26.1 Å². The van der Waals surface area contributed by atoms with Crippen LogP contribution in [-0.2, 0) is 4.79 Å². The van der Waals surface area contributed by atoms with Gasteiger partial charge >= 0.3 is 0 Å². The van der Waals surface area contributed by atoms with Crippen molar-refractivity contribution in [3.8, 4) is 0 Å². The molecular weight excluding hydrogens is 200 g/mol. The number of amides is 1. The lowest BCUT2D eigenvalue weighted by molar-refractivity contribution is -0.131. The van der Waals surface area contributed by atoms with Crippen LogP contribution in [0.4, 0.5) is 0 Å². The molecule has 1 heterocycles. The van der Waals surface area contributed by atoms with Gasteiger partial charge < -0.3 is 10.2 Å². The Morgan fingerprint density at radius 2 is 1.81 bits per heavy atom. The normalized spacial score (nSPS) is 17.2. The molecule has 1 aliphatic heterocycles. The van der Waals surface area contributed by atoms with Crippen molar-refractivity contribution in [2.45, 2.75) is 51.9 Å². The zero-order chi connectivity index (χ0) is 11.6. The number of rotatable bonds is 6. The lowest BCUT2D eigenvalue weighted by Gasteiger charge is -2.20. The van der Waals surface area contributed by atoms with Gasteiger partial charge in [-0.3, -0.25) is 4.79 Å². The minimum absolute atomic E-state index is 0.339. The van der Waals surface area contributed by atoms with E-state index in [1.807, 2.05) is 0 Å². The van der Waals surface area contributed by atoms with Crippen LogP contribution in [0.15, 0.2) is 0 Å². The molecule has 0 spiro atoms. The van der Waals surface area contributed by atoms with Gasteiger partial charge in [-0.1, -0.05) is 26.2 Å². The first-order valence-electron chi connectivity index (χ1n) is 6.83. The maximum absolute atomic E-state index is 11.9. The Bertz CT molecular complexity index is 186. The Balaban J connectivity index is 2.08. The van der Waals surface area contributed by atoms with Gasteiger partial charge in [-0.25, -0.2) is 0 Å². The smallest absolute Gasteiger partial charge is 0.223 e. The Morgan fingerprint density at radius 3 is 2.44 bits per heavy atom. The predicted octanol–water partition coefficient (Wildman–Crippen LogP) is 2.17. The molecule has 0 unspecified atom stereocenters. The van der Waals surface area contributed by atoms with Crippen LogP contribution >= 0.6 is 0 Å². The maximum Gasteiger partial charge on any atom is 0.223 e. The Labute approximate surface area is 99.6 Å². The molecule has 0 bridgehead atoms. The van der Waals surface area contributed by atoms with Crippen LogP contribution in [-0.4, -0.2) is 37.0 Å². The second-order valence-electron chi connectivity index (χ2n) is 4.65. The summed E-state index contributed by atoms with van der Waals surface area (Å²) in [4.78, 5) is 13.9. The number of carbonyl (C=O) groups excluding carboxylic acids is 1. The highest BCUT2D eigenvalue weighted by Crippen LogP contribution is 2.10. The van der Waals surface area contributed by atoms with E-state index in [1.165, 1.54) is 38.5 Å². The van der Waals surface area contributed by atoms with Crippen LogP contribution < -0.4 is 5.32 Å². The van der Waals surface area contributed by atoms with Gasteiger partial charge in [0.05, 0.1) is 0 Å². The van der Waals surface area contributed by atoms with Gasteiger partial charge in [0.15, 0.2) is 0 Å². The molecule has 3 nitrogen and oxygen atoms in total. The SMILES string of the molecule is CCCCNCCC(=O)N1CCCCCC1. The number of unbranched alkanes of at least 4 members (excludes halogenated alkanes) is 1. The minimum Gasteiger partial charge on any atom is -0.343 e. The van der Waals surface area contributed by atoms with Crippen molar-refractivity contribution in [3.63, 3.8) is 0 Å². The molecule has 1 saturated heterocycles. The maximum atomic E-state index is 11.9. The fraction of sp³-hybridized carbons (Fsp3) is 0.923. The molecule has 16 heavy (non-hydrogen) atoms. The van der Waals surface area contributed by atoms with Crippen molar-refractivity contribution in [3.05, 3.63) is 0 Å². The van der Waals surface area contributed by atoms with E-state index < -0.39 is 0 Å². The lowest BCUT2D eigenvalue weighted by Crippen LogP contribution is -2.34. The highest BCUT2D eigenvalue weighted by atomic mass is 16.2. The lowest BCUT2D eigenvalue weighted by atomic mass is 10.2. The van der Waals surface area contributed by atoms with Gasteiger partial charge in [0.25, 0.3) is 0 Å². The average Bonchev–Trinajstić information content (AvgIpc) is 2.57. The molecule has 1 amide bonds. The third kappa shape index (κ3) is 5.50. The Morgan fingerprint density at radius 1 is 1.12 bits per heavy atom. The molecule has 1 N–H and O–H groups in total. The summed E-state index contributed by atoms with van der Waals surface area (Å²) in [7, 11) is 0. The molecule has 0 aliphatic carbocycles. The van der Waals surface area contributed by atoms with Gasteiger partial charge in [0.2, 0.25) is 5.91 Å². The summed E-state index contributed by atoms with van der Waals surface area (Å²) in [5.41, 5.74) is 0. The van der Waals surface area contributed by atoms with E-state index in [1.54, 1.807) is 0 Å². The van der Waals surface area contributed by atoms with Crippen LogP contribution in [0.2, 0.25) is 0 Å². The predicted molar refractivity (Wildman–Crippen MR) is 67.4 cm³/mol. The monoisotopic (exact) mass is 226 g/mol. The van der Waals surface area contributed by atoms with E-state index in [0.29, 0.717) is 12.3 Å². The zero-order valence-corrected chi connectivity index (χ0v) is 10.6. The molecule has 0 aromatic heterocycles. The van der Waals surface area contributed by atoms with E-state index in [0.717, 1.165) is 26.2 Å². The summed E-state index contributed by atoms with van der Waals surface area (Å²) in [5.74, 6) is 0.339. The van der Waals surface area contributed by atoms with Crippen LogP contribution in [0.1, 0.15) is 51.9 Å². The van der Waals surface area contributed by atoms with Gasteiger partial charge in [-0.15, -0.1) is 0 Å². The van der Waals surface area contributed by atoms with E-state index in [-0.39, 0.29) is 0 Å². The molecule has 0 aromatic rings. The van der Waals surface area contributed by atoms with Crippen LogP contribution in [0.5, 0.6) is 0 Å². The van der Waals surface area contributed by atoms with E-state index in [4.69, 9.17) is 0 Å². The molecule has 1 aliphatic rings. The topological polar surface area (TPSA) is 32.3 Å². The second-order valence-corrected chi connectivity index (χ2v) is 4.65. The summed E-state index contributed by atoms with van der Waals surface area (Å²) >= 11 is 0. The van der Waals surface area contributed by atoms with Crippen LogP contribution in [0, 0.1) is 0 Å². The summed E-state index contributed by atoms with van der Waals surface area (Å²) in [6.45, 7) is 6.03. The number of hydrogen-bond donors (Lipinski definition) is 1. The average molecular weight is 226 g/mol. The molecule has 0 atom stereocenters. The van der Waals surface area contributed by atoms with Crippen molar-refractivity contribution in [2.24, 2.45) is 0 Å². The number of likely N-dealkylation sites (tertiary alicyclic amines) is 1. The van der Waals surface area contributed by atoms with Crippen molar-refractivity contribution in [1.82, 2.24) is 10.2 Å². The van der Waals surface area contributed by atoms with Crippen molar-refractivity contribution < 1.29 is 4.79 Å².